The number of nitrogens with zero attached hydrogens (tertiary/aromatic N) is 1. The molecule has 2 aliphatic heterocycles. The van der Waals surface area contributed by atoms with Crippen LogP contribution < -0.4 is 18.9 Å². The summed E-state index contributed by atoms with van der Waals surface area (Å²) in [7, 11) is 1.65. The first kappa shape index (κ1) is 27.2. The van der Waals surface area contributed by atoms with E-state index in [-0.39, 0.29) is 18.9 Å². The Labute approximate surface area is 238 Å². The van der Waals surface area contributed by atoms with E-state index in [4.69, 9.17) is 23.7 Å². The zero-order chi connectivity index (χ0) is 27.6. The summed E-state index contributed by atoms with van der Waals surface area (Å²) < 4.78 is 29.8. The average Bonchev–Trinajstić information content (AvgIpc) is 3.36. The van der Waals surface area contributed by atoms with Gasteiger partial charge in [0.15, 0.2) is 23.0 Å². The van der Waals surface area contributed by atoms with Gasteiger partial charge in [0.2, 0.25) is 6.79 Å². The molecule has 0 bridgehead atoms. The normalized spacial score (nSPS) is 16.0. The van der Waals surface area contributed by atoms with Crippen LogP contribution in [0.15, 0.2) is 59.1 Å². The van der Waals surface area contributed by atoms with Crippen molar-refractivity contribution in [3.8, 4) is 23.0 Å². The molecule has 5 rings (SSSR count). The van der Waals surface area contributed by atoms with Gasteiger partial charge in [0, 0.05) is 11.0 Å². The molecule has 0 N–H and O–H groups in total. The maximum absolute atomic E-state index is 13.4. The van der Waals surface area contributed by atoms with Crippen LogP contribution in [0.3, 0.4) is 0 Å². The molecule has 0 radical (unpaired) electrons. The Kier molecular flexibility index (Phi) is 7.93. The molecular formula is C31H34BrNO6. The van der Waals surface area contributed by atoms with Crippen molar-refractivity contribution in [2.45, 2.75) is 58.3 Å². The first-order chi connectivity index (χ1) is 18.7. The molecule has 2 heterocycles. The number of hydrogen-bond acceptors (Lipinski definition) is 6. The molecule has 8 heteroatoms. The molecule has 3 aromatic rings. The lowest BCUT2D eigenvalue weighted by Gasteiger charge is -2.38. The number of halogens is 1. The lowest BCUT2D eigenvalue weighted by molar-refractivity contribution is 0.0132. The van der Waals surface area contributed by atoms with E-state index in [9.17, 15) is 4.79 Å². The van der Waals surface area contributed by atoms with E-state index in [2.05, 4.69) is 15.9 Å². The largest absolute Gasteiger partial charge is 0.493 e. The highest BCUT2D eigenvalue weighted by atomic mass is 79.9. The molecule has 0 fully saturated rings. The standard InChI is InChI=1S/C31H34BrNO6/c1-31(2,3)39-30(34)33-13-12-21-14-26(35-4)28(36-18-20-8-6-5-7-9-20)16-23(21)25(33)11-10-22-15-27-29(17-24(22)32)38-19-37-27/h5-9,14-17,25H,10-13,18-19H2,1-4H3. The van der Waals surface area contributed by atoms with Crippen molar-refractivity contribution in [2.24, 2.45) is 0 Å². The summed E-state index contributed by atoms with van der Waals surface area (Å²) in [5.74, 6) is 2.81. The molecule has 0 aromatic heterocycles. The van der Waals surface area contributed by atoms with Crippen molar-refractivity contribution < 1.29 is 28.5 Å². The van der Waals surface area contributed by atoms with Crippen LogP contribution >= 0.6 is 15.9 Å². The van der Waals surface area contributed by atoms with Crippen LogP contribution in [0.1, 0.15) is 55.5 Å². The third-order valence-electron chi connectivity index (χ3n) is 6.88. The number of benzene rings is 3. The SMILES string of the molecule is COc1cc2c(cc1OCc1ccccc1)C(CCc1cc3c(cc1Br)OCO3)N(C(=O)OC(C)(C)C)CC2. The Hall–Kier alpha value is -3.39. The average molecular weight is 597 g/mol. The van der Waals surface area contributed by atoms with E-state index in [0.29, 0.717) is 43.9 Å². The molecule has 7 nitrogen and oxygen atoms in total. The summed E-state index contributed by atoms with van der Waals surface area (Å²) >= 11 is 3.69. The lowest BCUT2D eigenvalue weighted by atomic mass is 9.88. The number of carbonyl (C=O) groups excluding carboxylic acids is 1. The van der Waals surface area contributed by atoms with E-state index >= 15 is 0 Å². The smallest absolute Gasteiger partial charge is 0.410 e. The summed E-state index contributed by atoms with van der Waals surface area (Å²) in [6, 6.07) is 17.9. The zero-order valence-corrected chi connectivity index (χ0v) is 24.4. The van der Waals surface area contributed by atoms with Crippen LogP contribution in [0.5, 0.6) is 23.0 Å². The zero-order valence-electron chi connectivity index (χ0n) is 22.8. The number of rotatable bonds is 7. The maximum Gasteiger partial charge on any atom is 0.410 e. The number of amides is 1. The van der Waals surface area contributed by atoms with E-state index in [1.54, 1.807) is 7.11 Å². The Bertz CT molecular complexity index is 1340. The first-order valence-corrected chi connectivity index (χ1v) is 14.0. The molecular weight excluding hydrogens is 562 g/mol. The van der Waals surface area contributed by atoms with Gasteiger partial charge in [0.1, 0.15) is 12.2 Å². The predicted molar refractivity (Wildman–Crippen MR) is 152 cm³/mol. The first-order valence-electron chi connectivity index (χ1n) is 13.2. The van der Waals surface area contributed by atoms with Gasteiger partial charge >= 0.3 is 6.09 Å². The van der Waals surface area contributed by atoms with Crippen molar-refractivity contribution in [2.75, 3.05) is 20.4 Å². The second-order valence-corrected chi connectivity index (χ2v) is 11.6. The minimum atomic E-state index is -0.591. The molecule has 39 heavy (non-hydrogen) atoms. The highest BCUT2D eigenvalue weighted by Gasteiger charge is 2.35. The van der Waals surface area contributed by atoms with E-state index < -0.39 is 5.60 Å². The minimum Gasteiger partial charge on any atom is -0.493 e. The lowest BCUT2D eigenvalue weighted by Crippen LogP contribution is -2.43. The number of hydrogen-bond donors (Lipinski definition) is 0. The minimum absolute atomic E-state index is 0.203. The van der Waals surface area contributed by atoms with Crippen molar-refractivity contribution in [3.63, 3.8) is 0 Å². The number of ether oxygens (including phenoxy) is 5. The maximum atomic E-state index is 13.4. The van der Waals surface area contributed by atoms with Crippen LogP contribution in [-0.2, 0) is 24.2 Å². The topological polar surface area (TPSA) is 66.5 Å². The third-order valence-corrected chi connectivity index (χ3v) is 7.61. The summed E-state index contributed by atoms with van der Waals surface area (Å²) in [5, 5.41) is 0. The molecule has 2 aliphatic rings. The Balaban J connectivity index is 1.46. The molecule has 1 amide bonds. The van der Waals surface area contributed by atoms with Crippen LogP contribution in [0.4, 0.5) is 4.79 Å². The van der Waals surface area contributed by atoms with Gasteiger partial charge in [-0.05, 0) is 86.6 Å². The molecule has 1 unspecified atom stereocenters. The van der Waals surface area contributed by atoms with Gasteiger partial charge in [0.05, 0.1) is 13.2 Å². The van der Waals surface area contributed by atoms with Crippen molar-refractivity contribution in [3.05, 3.63) is 81.3 Å². The van der Waals surface area contributed by atoms with Gasteiger partial charge in [-0.25, -0.2) is 4.79 Å². The Morgan fingerprint density at radius 3 is 2.51 bits per heavy atom. The fourth-order valence-electron chi connectivity index (χ4n) is 5.01. The molecule has 0 saturated heterocycles. The number of fused-ring (bicyclic) bond motifs is 2. The van der Waals surface area contributed by atoms with Crippen molar-refractivity contribution >= 4 is 22.0 Å². The van der Waals surface area contributed by atoms with Crippen LogP contribution in [0.25, 0.3) is 0 Å². The summed E-state index contributed by atoms with van der Waals surface area (Å²) in [4.78, 5) is 15.2. The van der Waals surface area contributed by atoms with Gasteiger partial charge < -0.3 is 28.6 Å². The monoisotopic (exact) mass is 595 g/mol. The summed E-state index contributed by atoms with van der Waals surface area (Å²) in [5.41, 5.74) is 3.76. The molecule has 0 spiro atoms. The van der Waals surface area contributed by atoms with E-state index in [1.165, 1.54) is 0 Å². The van der Waals surface area contributed by atoms with Crippen LogP contribution in [0, 0.1) is 0 Å². The quantitative estimate of drug-likeness (QED) is 0.287. The van der Waals surface area contributed by atoms with E-state index in [1.807, 2.05) is 80.3 Å². The summed E-state index contributed by atoms with van der Waals surface area (Å²) in [6.07, 6.45) is 1.79. The van der Waals surface area contributed by atoms with Crippen LogP contribution in [0.2, 0.25) is 0 Å². The second kappa shape index (κ2) is 11.4. The highest BCUT2D eigenvalue weighted by Crippen LogP contribution is 2.42. The number of aryl methyl sites for hydroxylation is 1. The Morgan fingerprint density at radius 2 is 1.79 bits per heavy atom. The fourth-order valence-corrected chi connectivity index (χ4v) is 5.53. The molecule has 3 aromatic carbocycles. The number of methoxy groups -OCH3 is 1. The van der Waals surface area contributed by atoms with Gasteiger partial charge in [-0.1, -0.05) is 46.3 Å². The van der Waals surface area contributed by atoms with Gasteiger partial charge in [-0.3, -0.25) is 0 Å². The molecule has 0 aliphatic carbocycles. The van der Waals surface area contributed by atoms with Gasteiger partial charge in [0.25, 0.3) is 0 Å². The molecule has 206 valence electrons. The Morgan fingerprint density at radius 1 is 1.05 bits per heavy atom. The van der Waals surface area contributed by atoms with Crippen molar-refractivity contribution in [1.82, 2.24) is 4.90 Å². The van der Waals surface area contributed by atoms with E-state index in [0.717, 1.165) is 38.2 Å². The van der Waals surface area contributed by atoms with Gasteiger partial charge in [-0.15, -0.1) is 0 Å². The highest BCUT2D eigenvalue weighted by molar-refractivity contribution is 9.10. The fraction of sp³-hybridized carbons (Fsp3) is 0.387. The van der Waals surface area contributed by atoms with Crippen LogP contribution in [-0.4, -0.2) is 37.0 Å². The predicted octanol–water partition coefficient (Wildman–Crippen LogP) is 7.23. The van der Waals surface area contributed by atoms with Gasteiger partial charge in [-0.2, -0.15) is 0 Å². The van der Waals surface area contributed by atoms with Crippen molar-refractivity contribution in [1.29, 1.82) is 0 Å². The second-order valence-electron chi connectivity index (χ2n) is 10.8. The summed E-state index contributed by atoms with van der Waals surface area (Å²) in [6.45, 7) is 6.87. The number of carbonyl (C=O) groups is 1. The molecule has 0 saturated carbocycles. The third kappa shape index (κ3) is 6.27. The molecule has 1 atom stereocenters.